The lowest BCUT2D eigenvalue weighted by Crippen LogP contribution is -2.27. The van der Waals surface area contributed by atoms with E-state index < -0.39 is 0 Å². The number of benzene rings is 1. The van der Waals surface area contributed by atoms with Crippen LogP contribution >= 0.6 is 0 Å². The minimum Gasteiger partial charge on any atom is -0.311 e. The van der Waals surface area contributed by atoms with Gasteiger partial charge in [-0.05, 0) is 64.3 Å². The van der Waals surface area contributed by atoms with Crippen LogP contribution in [0.3, 0.4) is 0 Å². The Bertz CT molecular complexity index is 406. The van der Waals surface area contributed by atoms with Crippen LogP contribution in [0.2, 0.25) is 0 Å². The molecule has 0 aliphatic rings. The lowest BCUT2D eigenvalue weighted by atomic mass is 9.96. The van der Waals surface area contributed by atoms with E-state index in [1.807, 2.05) is 0 Å². The number of nitrogens with one attached hydrogen (secondary N) is 1. The molecule has 0 fully saturated rings. The number of hydrogen-bond donors (Lipinski definition) is 1. The van der Waals surface area contributed by atoms with Crippen LogP contribution in [0.25, 0.3) is 6.08 Å². The Balaban J connectivity index is 2.94. The van der Waals surface area contributed by atoms with Crippen molar-refractivity contribution in [3.63, 3.8) is 0 Å². The lowest BCUT2D eigenvalue weighted by molar-refractivity contribution is 0.604. The van der Waals surface area contributed by atoms with Crippen LogP contribution in [0, 0.1) is 20.8 Å². The molecule has 1 unspecified atom stereocenters. The maximum absolute atomic E-state index is 3.53. The molecule has 1 aromatic carbocycles. The van der Waals surface area contributed by atoms with E-state index in [9.17, 15) is 0 Å². The minimum absolute atomic E-state index is 0.449. The van der Waals surface area contributed by atoms with E-state index >= 15 is 0 Å². The second kappa shape index (κ2) is 6.75. The fourth-order valence-corrected chi connectivity index (χ4v) is 2.29. The third-order valence-corrected chi connectivity index (χ3v) is 3.49. The van der Waals surface area contributed by atoms with Gasteiger partial charge in [0.25, 0.3) is 0 Å². The average Bonchev–Trinajstić information content (AvgIpc) is 2.30. The van der Waals surface area contributed by atoms with E-state index in [0.717, 1.165) is 6.54 Å². The highest BCUT2D eigenvalue weighted by Gasteiger charge is 2.06. The second-order valence-corrected chi connectivity index (χ2v) is 5.38. The smallest absolute Gasteiger partial charge is 0.0251 e. The zero-order chi connectivity index (χ0) is 13.7. The van der Waals surface area contributed by atoms with Gasteiger partial charge in [-0.1, -0.05) is 36.3 Å². The van der Waals surface area contributed by atoms with Crippen molar-refractivity contribution in [2.75, 3.05) is 6.54 Å². The fraction of sp³-hybridized carbons (Fsp3) is 0.529. The van der Waals surface area contributed by atoms with E-state index in [-0.39, 0.29) is 0 Å². The van der Waals surface area contributed by atoms with Gasteiger partial charge in [0.2, 0.25) is 0 Å². The van der Waals surface area contributed by atoms with Gasteiger partial charge < -0.3 is 5.32 Å². The summed E-state index contributed by atoms with van der Waals surface area (Å²) in [6.45, 7) is 14.3. The van der Waals surface area contributed by atoms with Gasteiger partial charge >= 0.3 is 0 Å². The third-order valence-electron chi connectivity index (χ3n) is 3.49. The van der Waals surface area contributed by atoms with Crippen LogP contribution in [0.5, 0.6) is 0 Å². The molecule has 100 valence electrons. The summed E-state index contributed by atoms with van der Waals surface area (Å²) in [4.78, 5) is 0. The van der Waals surface area contributed by atoms with Crippen LogP contribution in [0.1, 0.15) is 49.4 Å². The van der Waals surface area contributed by atoms with Crippen molar-refractivity contribution in [2.24, 2.45) is 0 Å². The van der Waals surface area contributed by atoms with Crippen molar-refractivity contribution in [1.82, 2.24) is 5.32 Å². The van der Waals surface area contributed by atoms with Crippen LogP contribution in [-0.2, 0) is 0 Å². The highest BCUT2D eigenvalue weighted by Crippen LogP contribution is 2.20. The molecule has 1 rings (SSSR count). The van der Waals surface area contributed by atoms with Crippen molar-refractivity contribution in [3.8, 4) is 0 Å². The molecule has 1 N–H and O–H groups in total. The molecule has 1 heteroatoms. The molecule has 1 atom stereocenters. The normalized spacial score (nSPS) is 13.8. The molecule has 1 aromatic rings. The molecule has 0 amide bonds. The zero-order valence-corrected chi connectivity index (χ0v) is 12.7. The summed E-state index contributed by atoms with van der Waals surface area (Å²) in [5, 5.41) is 3.53. The lowest BCUT2D eigenvalue weighted by Gasteiger charge is -2.15. The predicted octanol–water partition coefficient (Wildman–Crippen LogP) is 4.40. The van der Waals surface area contributed by atoms with Crippen molar-refractivity contribution in [1.29, 1.82) is 0 Å². The SMILES string of the molecule is CCCNC(C)C(C)=Cc1c(C)cc(C)cc1C. The quantitative estimate of drug-likeness (QED) is 0.810. The number of hydrogen-bond acceptors (Lipinski definition) is 1. The van der Waals surface area contributed by atoms with E-state index in [0.29, 0.717) is 6.04 Å². The first-order valence-corrected chi connectivity index (χ1v) is 6.95. The predicted molar refractivity (Wildman–Crippen MR) is 82.1 cm³/mol. The van der Waals surface area contributed by atoms with Crippen LogP contribution in [0.4, 0.5) is 0 Å². The van der Waals surface area contributed by atoms with Crippen molar-refractivity contribution in [2.45, 2.75) is 54.0 Å². The Kier molecular flexibility index (Phi) is 5.61. The van der Waals surface area contributed by atoms with Gasteiger partial charge in [-0.15, -0.1) is 0 Å². The van der Waals surface area contributed by atoms with Gasteiger partial charge in [-0.25, -0.2) is 0 Å². The Hall–Kier alpha value is -1.08. The summed E-state index contributed by atoms with van der Waals surface area (Å²) < 4.78 is 0. The van der Waals surface area contributed by atoms with Gasteiger partial charge in [-0.3, -0.25) is 0 Å². The zero-order valence-electron chi connectivity index (χ0n) is 12.7. The average molecular weight is 245 g/mol. The van der Waals surface area contributed by atoms with E-state index in [1.165, 1.54) is 34.2 Å². The summed E-state index contributed by atoms with van der Waals surface area (Å²) >= 11 is 0. The maximum Gasteiger partial charge on any atom is 0.0251 e. The van der Waals surface area contributed by atoms with Gasteiger partial charge in [-0.2, -0.15) is 0 Å². The molecule has 1 nitrogen and oxygen atoms in total. The highest BCUT2D eigenvalue weighted by atomic mass is 14.9. The molecular weight excluding hydrogens is 218 g/mol. The summed E-state index contributed by atoms with van der Waals surface area (Å²) in [6, 6.07) is 4.97. The summed E-state index contributed by atoms with van der Waals surface area (Å²) in [5.41, 5.74) is 6.86. The number of rotatable bonds is 5. The Morgan fingerprint density at radius 3 is 2.28 bits per heavy atom. The molecule has 0 heterocycles. The maximum atomic E-state index is 3.53. The van der Waals surface area contributed by atoms with Crippen molar-refractivity contribution in [3.05, 3.63) is 40.0 Å². The van der Waals surface area contributed by atoms with E-state index in [4.69, 9.17) is 0 Å². The Morgan fingerprint density at radius 2 is 1.78 bits per heavy atom. The van der Waals surface area contributed by atoms with E-state index in [2.05, 4.69) is 65.1 Å². The Labute approximate surface area is 112 Å². The topological polar surface area (TPSA) is 12.0 Å². The molecule has 0 saturated carbocycles. The highest BCUT2D eigenvalue weighted by molar-refractivity contribution is 5.61. The van der Waals surface area contributed by atoms with Gasteiger partial charge in [0.15, 0.2) is 0 Å². The summed E-state index contributed by atoms with van der Waals surface area (Å²) in [6.07, 6.45) is 3.51. The molecule has 0 radical (unpaired) electrons. The van der Waals surface area contributed by atoms with Crippen LogP contribution in [-0.4, -0.2) is 12.6 Å². The Morgan fingerprint density at radius 1 is 1.22 bits per heavy atom. The van der Waals surface area contributed by atoms with Crippen molar-refractivity contribution >= 4 is 6.08 Å². The van der Waals surface area contributed by atoms with Crippen molar-refractivity contribution < 1.29 is 0 Å². The molecule has 18 heavy (non-hydrogen) atoms. The minimum atomic E-state index is 0.449. The molecular formula is C17H27N. The molecule has 0 aliphatic heterocycles. The molecule has 0 aliphatic carbocycles. The number of aryl methyl sites for hydroxylation is 3. The molecule has 0 spiro atoms. The van der Waals surface area contributed by atoms with Crippen LogP contribution in [0.15, 0.2) is 17.7 Å². The fourth-order valence-electron chi connectivity index (χ4n) is 2.29. The first-order chi connectivity index (χ1) is 8.45. The van der Waals surface area contributed by atoms with Gasteiger partial charge in [0.1, 0.15) is 0 Å². The van der Waals surface area contributed by atoms with Gasteiger partial charge in [0, 0.05) is 6.04 Å². The summed E-state index contributed by atoms with van der Waals surface area (Å²) in [7, 11) is 0. The first-order valence-electron chi connectivity index (χ1n) is 6.95. The third kappa shape index (κ3) is 3.99. The monoisotopic (exact) mass is 245 g/mol. The van der Waals surface area contributed by atoms with Crippen LogP contribution < -0.4 is 5.32 Å². The largest absolute Gasteiger partial charge is 0.311 e. The standard InChI is InChI=1S/C17H27N/c1-7-8-18-16(6)13(3)11-17-14(4)9-12(2)10-15(17)5/h9-11,16,18H,7-8H2,1-6H3. The first kappa shape index (κ1) is 15.0. The van der Waals surface area contributed by atoms with E-state index in [1.54, 1.807) is 0 Å². The summed E-state index contributed by atoms with van der Waals surface area (Å²) in [5.74, 6) is 0. The molecule has 0 aromatic heterocycles. The molecule has 0 saturated heterocycles. The second-order valence-electron chi connectivity index (χ2n) is 5.38. The van der Waals surface area contributed by atoms with Gasteiger partial charge in [0.05, 0.1) is 0 Å². The molecule has 0 bridgehead atoms.